The van der Waals surface area contributed by atoms with E-state index in [4.69, 9.17) is 4.42 Å². The Morgan fingerprint density at radius 1 is 0.408 bits per heavy atom. The van der Waals surface area contributed by atoms with Gasteiger partial charge in [0.15, 0.2) is 0 Å². The molecule has 3 heteroatoms. The number of hydrogen-bond donors (Lipinski definition) is 0. The maximum atomic E-state index is 6.78. The van der Waals surface area contributed by atoms with Crippen molar-refractivity contribution >= 4 is 71.6 Å². The Balaban J connectivity index is 1.25. The molecule has 0 N–H and O–H groups in total. The largest absolute Gasteiger partial charge is 0.456 e. The molecule has 49 heavy (non-hydrogen) atoms. The van der Waals surface area contributed by atoms with E-state index in [2.05, 4.69) is 191 Å². The second-order valence-electron chi connectivity index (χ2n) is 12.5. The van der Waals surface area contributed by atoms with Crippen LogP contribution in [-0.2, 0) is 0 Å². The topological polar surface area (TPSA) is 21.3 Å². The Morgan fingerprint density at radius 3 is 1.76 bits per heavy atom. The van der Waals surface area contributed by atoms with Gasteiger partial charge in [0.05, 0.1) is 22.1 Å². The molecule has 0 unspecified atom stereocenters. The van der Waals surface area contributed by atoms with E-state index in [0.717, 1.165) is 55.8 Å². The highest BCUT2D eigenvalue weighted by molar-refractivity contribution is 6.26. The number of benzene rings is 8. The van der Waals surface area contributed by atoms with Crippen LogP contribution in [0.5, 0.6) is 0 Å². The average molecular weight is 627 g/mol. The van der Waals surface area contributed by atoms with Gasteiger partial charge in [-0.05, 0) is 88.6 Å². The summed E-state index contributed by atoms with van der Waals surface area (Å²) < 4.78 is 9.16. The summed E-state index contributed by atoms with van der Waals surface area (Å²) in [6.45, 7) is 0. The molecule has 3 nitrogen and oxygen atoms in total. The van der Waals surface area contributed by atoms with Crippen molar-refractivity contribution in [3.05, 3.63) is 182 Å². The summed E-state index contributed by atoms with van der Waals surface area (Å²) in [4.78, 5) is 2.33. The van der Waals surface area contributed by atoms with Crippen molar-refractivity contribution in [1.82, 2.24) is 4.57 Å². The van der Waals surface area contributed by atoms with Crippen molar-refractivity contribution < 1.29 is 4.42 Å². The highest BCUT2D eigenvalue weighted by atomic mass is 16.3. The van der Waals surface area contributed by atoms with E-state index in [1.807, 2.05) is 0 Å². The number of para-hydroxylation sites is 4. The molecule has 0 amide bonds. The van der Waals surface area contributed by atoms with Crippen LogP contribution in [0.25, 0.3) is 71.3 Å². The van der Waals surface area contributed by atoms with E-state index in [1.54, 1.807) is 0 Å². The van der Waals surface area contributed by atoms with Crippen molar-refractivity contribution in [3.8, 4) is 16.8 Å². The predicted octanol–water partition coefficient (Wildman–Crippen LogP) is 13.0. The van der Waals surface area contributed by atoms with Crippen molar-refractivity contribution in [3.63, 3.8) is 0 Å². The summed E-state index contributed by atoms with van der Waals surface area (Å²) >= 11 is 0. The van der Waals surface area contributed by atoms with Crippen LogP contribution in [0.4, 0.5) is 17.1 Å². The molecule has 10 aromatic rings. The number of rotatable bonds is 5. The van der Waals surface area contributed by atoms with Crippen LogP contribution in [-0.4, -0.2) is 4.57 Å². The first-order valence-electron chi connectivity index (χ1n) is 16.7. The molecule has 0 atom stereocenters. The molecule has 8 aromatic carbocycles. The Kier molecular flexibility index (Phi) is 6.18. The van der Waals surface area contributed by atoms with E-state index in [9.17, 15) is 0 Å². The summed E-state index contributed by atoms with van der Waals surface area (Å²) in [7, 11) is 0. The van der Waals surface area contributed by atoms with Gasteiger partial charge in [-0.1, -0.05) is 115 Å². The van der Waals surface area contributed by atoms with Crippen molar-refractivity contribution in [2.75, 3.05) is 4.90 Å². The third-order valence-corrected chi connectivity index (χ3v) is 9.75. The lowest BCUT2D eigenvalue weighted by atomic mass is 9.94. The van der Waals surface area contributed by atoms with E-state index in [1.165, 1.54) is 32.6 Å². The molecule has 0 aliphatic rings. The molecule has 0 bridgehead atoms. The number of nitrogens with zero attached hydrogens (tertiary/aromatic N) is 2. The number of hydrogen-bond acceptors (Lipinski definition) is 2. The third kappa shape index (κ3) is 4.29. The van der Waals surface area contributed by atoms with Gasteiger partial charge in [-0.2, -0.15) is 0 Å². The quantitative estimate of drug-likeness (QED) is 0.190. The van der Waals surface area contributed by atoms with Crippen LogP contribution in [0.3, 0.4) is 0 Å². The van der Waals surface area contributed by atoms with E-state index >= 15 is 0 Å². The lowest BCUT2D eigenvalue weighted by Crippen LogP contribution is -2.09. The molecular weight excluding hydrogens is 597 g/mol. The second-order valence-corrected chi connectivity index (χ2v) is 12.5. The second kappa shape index (κ2) is 11.0. The minimum atomic E-state index is 0.867. The van der Waals surface area contributed by atoms with Crippen LogP contribution < -0.4 is 4.90 Å². The maximum Gasteiger partial charge on any atom is 0.137 e. The molecule has 0 radical (unpaired) electrons. The van der Waals surface area contributed by atoms with Gasteiger partial charge in [0.1, 0.15) is 11.2 Å². The Bertz CT molecular complexity index is 2770. The van der Waals surface area contributed by atoms with Gasteiger partial charge in [-0.15, -0.1) is 0 Å². The molecule has 0 aliphatic carbocycles. The molecule has 230 valence electrons. The fourth-order valence-corrected chi connectivity index (χ4v) is 7.66. The van der Waals surface area contributed by atoms with Crippen molar-refractivity contribution in [2.45, 2.75) is 0 Å². The molecule has 0 spiro atoms. The van der Waals surface area contributed by atoms with Gasteiger partial charge in [0, 0.05) is 33.2 Å². The lowest BCUT2D eigenvalue weighted by Gasteiger charge is -2.26. The highest BCUT2D eigenvalue weighted by Gasteiger charge is 2.22. The van der Waals surface area contributed by atoms with E-state index < -0.39 is 0 Å². The van der Waals surface area contributed by atoms with E-state index in [0.29, 0.717) is 0 Å². The average Bonchev–Trinajstić information content (AvgIpc) is 3.72. The SMILES string of the molecule is c1ccc(N(c2ccccc2)c2cccc3oc4cc(-c5ccc6c7ccccc7n(-c7ccccc7)c6c5)c5ccccc5c4c23)cc1. The number of furan rings is 1. The zero-order valence-corrected chi connectivity index (χ0v) is 26.6. The lowest BCUT2D eigenvalue weighted by molar-refractivity contribution is 0.669. The van der Waals surface area contributed by atoms with Crippen LogP contribution in [0.2, 0.25) is 0 Å². The van der Waals surface area contributed by atoms with Gasteiger partial charge in [0.25, 0.3) is 0 Å². The minimum Gasteiger partial charge on any atom is -0.456 e. The normalized spacial score (nSPS) is 11.7. The standard InChI is InChI=1S/C46H30N2O/c1-4-15-32(16-5-1)47(33-17-6-2-7-18-33)41-25-14-26-43-46(41)45-38-23-11-10-21-35(38)39(30-44(45)49-43)31-27-28-37-36-22-12-13-24-40(36)48(42(37)29-31)34-19-8-3-9-20-34/h1-30H. The zero-order chi connectivity index (χ0) is 32.3. The van der Waals surface area contributed by atoms with Crippen molar-refractivity contribution in [2.24, 2.45) is 0 Å². The van der Waals surface area contributed by atoms with E-state index in [-0.39, 0.29) is 0 Å². The molecule has 0 aliphatic heterocycles. The summed E-state index contributed by atoms with van der Waals surface area (Å²) in [5.74, 6) is 0. The van der Waals surface area contributed by atoms with Crippen LogP contribution in [0.15, 0.2) is 186 Å². The van der Waals surface area contributed by atoms with Crippen LogP contribution in [0.1, 0.15) is 0 Å². The first kappa shape index (κ1) is 27.5. The van der Waals surface area contributed by atoms with Gasteiger partial charge in [0.2, 0.25) is 0 Å². The Morgan fingerprint density at radius 2 is 1.02 bits per heavy atom. The third-order valence-electron chi connectivity index (χ3n) is 9.75. The van der Waals surface area contributed by atoms with Crippen LogP contribution in [0, 0.1) is 0 Å². The molecule has 2 aromatic heterocycles. The number of fused-ring (bicyclic) bond motifs is 8. The smallest absolute Gasteiger partial charge is 0.137 e. The molecular formula is C46H30N2O. The fraction of sp³-hybridized carbons (Fsp3) is 0. The molecule has 0 fully saturated rings. The number of aromatic nitrogens is 1. The zero-order valence-electron chi connectivity index (χ0n) is 26.6. The summed E-state index contributed by atoms with van der Waals surface area (Å²) in [5, 5.41) is 7.09. The molecule has 10 rings (SSSR count). The molecule has 2 heterocycles. The first-order valence-corrected chi connectivity index (χ1v) is 16.7. The summed E-state index contributed by atoms with van der Waals surface area (Å²) in [6.07, 6.45) is 0. The number of anilines is 3. The predicted molar refractivity (Wildman–Crippen MR) is 206 cm³/mol. The van der Waals surface area contributed by atoms with Gasteiger partial charge in [-0.25, -0.2) is 0 Å². The molecule has 0 saturated heterocycles. The first-order chi connectivity index (χ1) is 24.3. The van der Waals surface area contributed by atoms with Crippen molar-refractivity contribution in [1.29, 1.82) is 0 Å². The summed E-state index contributed by atoms with van der Waals surface area (Å²) in [6, 6.07) is 64.7. The van der Waals surface area contributed by atoms with Gasteiger partial charge >= 0.3 is 0 Å². The monoisotopic (exact) mass is 626 g/mol. The fourth-order valence-electron chi connectivity index (χ4n) is 7.66. The van der Waals surface area contributed by atoms with Gasteiger partial charge < -0.3 is 13.9 Å². The summed E-state index contributed by atoms with van der Waals surface area (Å²) in [5.41, 5.74) is 10.9. The Hall–Kier alpha value is -6.58. The maximum absolute atomic E-state index is 6.78. The highest BCUT2D eigenvalue weighted by Crippen LogP contribution is 2.47. The van der Waals surface area contributed by atoms with Crippen LogP contribution >= 0.6 is 0 Å². The minimum absolute atomic E-state index is 0.867. The molecule has 0 saturated carbocycles. The Labute approximate surface area is 283 Å². The van der Waals surface area contributed by atoms with Gasteiger partial charge in [-0.3, -0.25) is 0 Å².